The van der Waals surface area contributed by atoms with Crippen LogP contribution < -0.4 is 10.1 Å². The minimum absolute atomic E-state index is 0.00862. The zero-order valence-electron chi connectivity index (χ0n) is 14.2. The van der Waals surface area contributed by atoms with Crippen molar-refractivity contribution in [3.05, 3.63) is 71.2 Å². The van der Waals surface area contributed by atoms with Gasteiger partial charge in [-0.05, 0) is 48.0 Å². The number of halogens is 4. The van der Waals surface area contributed by atoms with E-state index in [-0.39, 0.29) is 5.69 Å². The van der Waals surface area contributed by atoms with Gasteiger partial charge >= 0.3 is 6.18 Å². The number of carbonyl (C=O) groups is 1. The molecule has 0 aliphatic rings. The van der Waals surface area contributed by atoms with Crippen molar-refractivity contribution in [3.8, 4) is 5.75 Å². The number of amides is 1. The summed E-state index contributed by atoms with van der Waals surface area (Å²) in [6.45, 7) is 1.52. The number of ether oxygens (including phenoxy) is 1. The van der Waals surface area contributed by atoms with E-state index in [1.54, 1.807) is 12.1 Å². The zero-order valence-corrected chi connectivity index (χ0v) is 14.9. The number of benzene rings is 3. The molecule has 0 saturated carbocycles. The number of fused-ring (bicyclic) bond motifs is 1. The van der Waals surface area contributed by atoms with Crippen LogP contribution in [0.3, 0.4) is 0 Å². The third kappa shape index (κ3) is 4.52. The highest BCUT2D eigenvalue weighted by Gasteiger charge is 2.33. The molecule has 3 rings (SSSR count). The molecule has 1 atom stereocenters. The Morgan fingerprint density at radius 1 is 1.04 bits per heavy atom. The van der Waals surface area contributed by atoms with Gasteiger partial charge in [0.1, 0.15) is 5.75 Å². The first-order valence-corrected chi connectivity index (χ1v) is 8.45. The van der Waals surface area contributed by atoms with Gasteiger partial charge in [0.25, 0.3) is 5.91 Å². The van der Waals surface area contributed by atoms with Crippen molar-refractivity contribution in [2.75, 3.05) is 5.32 Å². The van der Waals surface area contributed by atoms with Crippen molar-refractivity contribution in [1.29, 1.82) is 0 Å². The first-order chi connectivity index (χ1) is 12.7. The second-order valence-corrected chi connectivity index (χ2v) is 6.36. The molecule has 0 aromatic heterocycles. The number of hydrogen-bond acceptors (Lipinski definition) is 2. The normalized spacial score (nSPS) is 12.6. The van der Waals surface area contributed by atoms with Crippen molar-refractivity contribution >= 4 is 34.0 Å². The van der Waals surface area contributed by atoms with E-state index in [0.717, 1.165) is 22.9 Å². The largest absolute Gasteiger partial charge is 0.481 e. The first kappa shape index (κ1) is 19.0. The Balaban J connectivity index is 1.72. The van der Waals surface area contributed by atoms with Crippen molar-refractivity contribution < 1.29 is 22.7 Å². The van der Waals surface area contributed by atoms with E-state index >= 15 is 0 Å². The Kier molecular flexibility index (Phi) is 5.28. The summed E-state index contributed by atoms with van der Waals surface area (Å²) in [5.74, 6) is -0.0814. The van der Waals surface area contributed by atoms with Gasteiger partial charge in [-0.2, -0.15) is 13.2 Å². The smallest absolute Gasteiger partial charge is 0.417 e. The Bertz CT molecular complexity index is 988. The van der Waals surface area contributed by atoms with Gasteiger partial charge in [0, 0.05) is 5.69 Å². The van der Waals surface area contributed by atoms with Crippen molar-refractivity contribution in [2.24, 2.45) is 0 Å². The van der Waals surface area contributed by atoms with Gasteiger partial charge in [-0.15, -0.1) is 0 Å². The monoisotopic (exact) mass is 393 g/mol. The maximum atomic E-state index is 12.9. The van der Waals surface area contributed by atoms with Crippen LogP contribution in [0.15, 0.2) is 60.7 Å². The minimum atomic E-state index is -4.61. The van der Waals surface area contributed by atoms with E-state index in [0.29, 0.717) is 5.75 Å². The van der Waals surface area contributed by atoms with Gasteiger partial charge in [0.2, 0.25) is 0 Å². The molecule has 1 amide bonds. The van der Waals surface area contributed by atoms with Crippen molar-refractivity contribution in [2.45, 2.75) is 19.2 Å². The van der Waals surface area contributed by atoms with Crippen LogP contribution >= 0.6 is 11.6 Å². The third-order valence-electron chi connectivity index (χ3n) is 3.94. The van der Waals surface area contributed by atoms with Crippen LogP contribution in [0.2, 0.25) is 5.02 Å². The number of anilines is 1. The lowest BCUT2D eigenvalue weighted by Gasteiger charge is -2.16. The lowest BCUT2D eigenvalue weighted by Crippen LogP contribution is -2.30. The van der Waals surface area contributed by atoms with Gasteiger partial charge in [0.15, 0.2) is 6.10 Å². The number of alkyl halides is 3. The lowest BCUT2D eigenvalue weighted by molar-refractivity contribution is -0.137. The summed E-state index contributed by atoms with van der Waals surface area (Å²) in [6, 6.07) is 16.3. The second kappa shape index (κ2) is 7.48. The van der Waals surface area contributed by atoms with E-state index in [4.69, 9.17) is 16.3 Å². The van der Waals surface area contributed by atoms with Crippen LogP contribution in [-0.2, 0) is 11.0 Å². The third-order valence-corrected chi connectivity index (χ3v) is 4.27. The molecule has 3 aromatic rings. The Hall–Kier alpha value is -2.73. The lowest BCUT2D eigenvalue weighted by atomic mass is 10.1. The molecule has 0 aliphatic carbocycles. The van der Waals surface area contributed by atoms with Crippen LogP contribution in [-0.4, -0.2) is 12.0 Å². The van der Waals surface area contributed by atoms with Crippen molar-refractivity contribution in [3.63, 3.8) is 0 Å². The SMILES string of the molecule is C[C@H](Oc1ccc2ccccc2c1)C(=O)Nc1ccc(Cl)c(C(F)(F)F)c1. The molecule has 0 aliphatic heterocycles. The highest BCUT2D eigenvalue weighted by Crippen LogP contribution is 2.36. The summed E-state index contributed by atoms with van der Waals surface area (Å²) in [5, 5.41) is 3.97. The van der Waals surface area contributed by atoms with E-state index < -0.39 is 28.8 Å². The van der Waals surface area contributed by atoms with E-state index in [2.05, 4.69) is 5.32 Å². The average molecular weight is 394 g/mol. The summed E-state index contributed by atoms with van der Waals surface area (Å²) in [5.41, 5.74) is -1.02. The zero-order chi connectivity index (χ0) is 19.6. The van der Waals surface area contributed by atoms with Crippen LogP contribution in [0.5, 0.6) is 5.75 Å². The van der Waals surface area contributed by atoms with E-state index in [9.17, 15) is 18.0 Å². The van der Waals surface area contributed by atoms with Crippen molar-refractivity contribution in [1.82, 2.24) is 0 Å². The molecule has 0 spiro atoms. The number of carbonyl (C=O) groups excluding carboxylic acids is 1. The molecule has 0 unspecified atom stereocenters. The maximum Gasteiger partial charge on any atom is 0.417 e. The van der Waals surface area contributed by atoms with Crippen LogP contribution in [0.4, 0.5) is 18.9 Å². The minimum Gasteiger partial charge on any atom is -0.481 e. The molecular formula is C20H15ClF3NO2. The summed E-state index contributed by atoms with van der Waals surface area (Å²) >= 11 is 5.58. The van der Waals surface area contributed by atoms with Crippen LogP contribution in [0.1, 0.15) is 12.5 Å². The summed E-state index contributed by atoms with van der Waals surface area (Å²) < 4.78 is 44.4. The highest BCUT2D eigenvalue weighted by molar-refractivity contribution is 6.31. The molecule has 1 N–H and O–H groups in total. The molecule has 7 heteroatoms. The Labute approximate surface area is 158 Å². The Morgan fingerprint density at radius 2 is 1.74 bits per heavy atom. The fraction of sp³-hybridized carbons (Fsp3) is 0.150. The van der Waals surface area contributed by atoms with Gasteiger partial charge in [-0.3, -0.25) is 4.79 Å². The Morgan fingerprint density at radius 3 is 2.44 bits per heavy atom. The number of hydrogen-bond donors (Lipinski definition) is 1. The summed E-state index contributed by atoms with van der Waals surface area (Å²) in [7, 11) is 0. The van der Waals surface area contributed by atoms with Gasteiger partial charge < -0.3 is 10.1 Å². The fourth-order valence-electron chi connectivity index (χ4n) is 2.56. The van der Waals surface area contributed by atoms with E-state index in [1.807, 2.05) is 30.3 Å². The highest BCUT2D eigenvalue weighted by atomic mass is 35.5. The van der Waals surface area contributed by atoms with Crippen LogP contribution in [0, 0.1) is 0 Å². The molecular weight excluding hydrogens is 379 g/mol. The van der Waals surface area contributed by atoms with Gasteiger partial charge in [-0.1, -0.05) is 41.9 Å². The molecule has 3 nitrogen and oxygen atoms in total. The molecule has 27 heavy (non-hydrogen) atoms. The summed E-state index contributed by atoms with van der Waals surface area (Å²) in [6.07, 6.45) is -5.51. The molecule has 0 fully saturated rings. The molecule has 0 saturated heterocycles. The molecule has 140 valence electrons. The maximum absolute atomic E-state index is 12.9. The first-order valence-electron chi connectivity index (χ1n) is 8.07. The second-order valence-electron chi connectivity index (χ2n) is 5.95. The fourth-order valence-corrected chi connectivity index (χ4v) is 2.79. The quantitative estimate of drug-likeness (QED) is 0.597. The van der Waals surface area contributed by atoms with Gasteiger partial charge in [0.05, 0.1) is 10.6 Å². The standard InChI is InChI=1S/C20H15ClF3NO2/c1-12(27-16-8-6-13-4-2-3-5-14(13)10-16)19(26)25-15-7-9-18(21)17(11-15)20(22,23)24/h2-12H,1H3,(H,25,26)/t12-/m0/s1. The summed E-state index contributed by atoms with van der Waals surface area (Å²) in [4.78, 5) is 12.3. The predicted molar refractivity (Wildman–Crippen MR) is 99.1 cm³/mol. The van der Waals surface area contributed by atoms with E-state index in [1.165, 1.54) is 13.0 Å². The average Bonchev–Trinajstić information content (AvgIpc) is 2.62. The number of nitrogens with one attached hydrogen (secondary N) is 1. The van der Waals surface area contributed by atoms with Crippen LogP contribution in [0.25, 0.3) is 10.8 Å². The topological polar surface area (TPSA) is 38.3 Å². The predicted octanol–water partition coefficient (Wildman–Crippen LogP) is 5.92. The molecule has 0 heterocycles. The van der Waals surface area contributed by atoms with Gasteiger partial charge in [-0.25, -0.2) is 0 Å². The molecule has 3 aromatic carbocycles. The molecule has 0 bridgehead atoms. The molecule has 0 radical (unpaired) electrons. The number of rotatable bonds is 4.